The number of primary amides is 1. The second kappa shape index (κ2) is 5.14. The number of rotatable bonds is 0. The molecule has 0 fully saturated rings. The molecule has 36 valence electrons. The summed E-state index contributed by atoms with van der Waals surface area (Å²) < 4.78 is 2.90. The van der Waals surface area contributed by atoms with Gasteiger partial charge in [0.25, 0.3) is 0 Å². The number of carbonyl (C=O) groups excluding carboxylic acids is 1. The van der Waals surface area contributed by atoms with Crippen LogP contribution < -0.4 is 5.73 Å². The summed E-state index contributed by atoms with van der Waals surface area (Å²) >= 11 is 2.09. The van der Waals surface area contributed by atoms with Gasteiger partial charge >= 0.3 is 36.3 Å². The second-order valence-electron chi connectivity index (χ2n) is 0.430. The molecule has 0 unspecified atom stereocenters. The Bertz CT molecular complexity index is 64.6. The summed E-state index contributed by atoms with van der Waals surface area (Å²) in [7, 11) is 0. The molecule has 0 aliphatic rings. The summed E-state index contributed by atoms with van der Waals surface area (Å²) in [6.45, 7) is 0. The van der Waals surface area contributed by atoms with Crippen LogP contribution in [0.2, 0.25) is 0 Å². The van der Waals surface area contributed by atoms with E-state index in [1.807, 2.05) is 0 Å². The van der Waals surface area contributed by atoms with E-state index in [1.54, 1.807) is 0 Å². The van der Waals surface area contributed by atoms with Gasteiger partial charge in [-0.15, -0.1) is 0 Å². The van der Waals surface area contributed by atoms with Gasteiger partial charge in [0.15, 0.2) is 0 Å². The summed E-state index contributed by atoms with van der Waals surface area (Å²) in [5.74, 6) is 0. The van der Waals surface area contributed by atoms with Crippen molar-refractivity contribution in [3.8, 4) is 0 Å². The molecule has 6 heavy (non-hydrogen) atoms. The number of urea groups is 1. The van der Waals surface area contributed by atoms with Gasteiger partial charge in [0, 0.05) is 0 Å². The third-order valence-corrected chi connectivity index (χ3v) is 0.468. The maximum Gasteiger partial charge on any atom is -0.197 e. The van der Waals surface area contributed by atoms with Crippen molar-refractivity contribution in [3.05, 3.63) is 0 Å². The van der Waals surface area contributed by atoms with Crippen LogP contribution in [0.3, 0.4) is 0 Å². The van der Waals surface area contributed by atoms with Crippen LogP contribution in [0.5, 0.6) is 0 Å². The Balaban J connectivity index is 0. The van der Waals surface area contributed by atoms with Crippen molar-refractivity contribution in [2.24, 2.45) is 9.70 Å². The van der Waals surface area contributed by atoms with E-state index in [9.17, 15) is 4.79 Å². The topological polar surface area (TPSA) is 55.5 Å². The quantitative estimate of drug-likeness (QED) is 0.492. The molecular weight excluding hydrogens is 167 g/mol. The van der Waals surface area contributed by atoms with E-state index in [-0.39, 0.29) is 13.5 Å². The van der Waals surface area contributed by atoms with Crippen LogP contribution in [0, 0.1) is 0 Å². The number of nitrogens with zero attached hydrogens (tertiary/aromatic N) is 1. The van der Waals surface area contributed by atoms with Crippen molar-refractivity contribution in [1.82, 2.24) is 0 Å². The van der Waals surface area contributed by atoms with Crippen molar-refractivity contribution in [1.29, 1.82) is 0 Å². The van der Waals surface area contributed by atoms with Gasteiger partial charge < -0.3 is 0 Å². The van der Waals surface area contributed by atoms with Gasteiger partial charge in [-0.3, -0.25) is 0 Å². The predicted molar refractivity (Wildman–Crippen MR) is 28.1 cm³/mol. The Morgan fingerprint density at radius 3 is 2.00 bits per heavy atom. The third kappa shape index (κ3) is 8.91. The smallest absolute Gasteiger partial charge is 0.197 e. The minimum absolute atomic E-state index is 0. The first-order valence-electron chi connectivity index (χ1n) is 0.899. The number of hydrogen-bond acceptors (Lipinski definition) is 1. The maximum atomic E-state index is 9.39. The number of amides is 2. The monoisotopic (exact) mass is 172 g/mol. The Kier molecular flexibility index (Phi) is 8.11. The van der Waals surface area contributed by atoms with E-state index >= 15 is 0 Å². The van der Waals surface area contributed by atoms with Gasteiger partial charge in [-0.25, -0.2) is 0 Å². The first kappa shape index (κ1) is 9.46. The van der Waals surface area contributed by atoms with Crippen molar-refractivity contribution >= 4 is 35.3 Å². The predicted octanol–water partition coefficient (Wildman–Crippen LogP) is -0.470. The normalized spacial score (nSPS) is 5.33. The summed E-state index contributed by atoms with van der Waals surface area (Å²) in [6.07, 6.45) is 0. The molecule has 0 aromatic heterocycles. The van der Waals surface area contributed by atoms with Crippen LogP contribution in [0.15, 0.2) is 3.96 Å². The number of hydrogen-bond donors (Lipinski definition) is 1. The van der Waals surface area contributed by atoms with Gasteiger partial charge in [-0.05, 0) is 0 Å². The fourth-order valence-electron chi connectivity index (χ4n) is 0. The molecule has 0 saturated heterocycles. The molecule has 0 aliphatic carbocycles. The van der Waals surface area contributed by atoms with Crippen molar-refractivity contribution in [2.75, 3.05) is 0 Å². The fraction of sp³-hybridized carbons (Fsp3) is 0. The molecule has 0 heterocycles. The zero-order chi connectivity index (χ0) is 4.28. The van der Waals surface area contributed by atoms with E-state index in [1.165, 1.54) is 0 Å². The summed E-state index contributed by atoms with van der Waals surface area (Å²) in [6, 6.07) is -0.676. The second-order valence-corrected chi connectivity index (χ2v) is 0.813. The molecule has 3 nitrogen and oxygen atoms in total. The van der Waals surface area contributed by atoms with E-state index < -0.39 is 6.03 Å². The van der Waals surface area contributed by atoms with Gasteiger partial charge in [0.1, 0.15) is 0 Å². The zero-order valence-electron chi connectivity index (χ0n) is 2.84. The number of nitrogens with two attached hydrogens (primary N) is 1. The maximum absolute atomic E-state index is 9.39. The summed E-state index contributed by atoms with van der Waals surface area (Å²) in [5, 5.41) is 0. The standard InChI is InChI=1S/CH2N2OSe.H2S/c2-1(4)3-5;/h(H2,2,4);1H2. The van der Waals surface area contributed by atoms with Crippen molar-refractivity contribution in [3.63, 3.8) is 0 Å². The van der Waals surface area contributed by atoms with Crippen LogP contribution in [0.1, 0.15) is 0 Å². The molecule has 0 aliphatic heterocycles. The summed E-state index contributed by atoms with van der Waals surface area (Å²) in [5.41, 5.74) is 4.45. The Morgan fingerprint density at radius 2 is 2.00 bits per heavy atom. The van der Waals surface area contributed by atoms with E-state index in [0.717, 1.165) is 0 Å². The van der Waals surface area contributed by atoms with Gasteiger partial charge in [0.2, 0.25) is 0 Å². The molecule has 5 heteroatoms. The van der Waals surface area contributed by atoms with E-state index in [2.05, 4.69) is 25.5 Å². The molecule has 0 aromatic rings. The van der Waals surface area contributed by atoms with E-state index in [4.69, 9.17) is 0 Å². The third-order valence-electron chi connectivity index (χ3n) is 0.0900. The molecule has 0 spiro atoms. The van der Waals surface area contributed by atoms with Gasteiger partial charge in [-0.1, -0.05) is 0 Å². The first-order valence-corrected chi connectivity index (χ1v) is 1.67. The van der Waals surface area contributed by atoms with Gasteiger partial charge in [0.05, 0.1) is 0 Å². The Hall–Kier alpha value is 0.139. The van der Waals surface area contributed by atoms with Crippen LogP contribution in [-0.4, -0.2) is 21.8 Å². The molecule has 0 bridgehead atoms. The first-order chi connectivity index (χ1) is 2.27. The van der Waals surface area contributed by atoms with Crippen molar-refractivity contribution < 1.29 is 4.79 Å². The molecule has 2 N–H and O–H groups in total. The molecular formula is CH4N2OSSe. The average Bonchev–Trinajstić information content (AvgIpc) is 1.38. The fourth-order valence-corrected chi connectivity index (χ4v) is 0. The minimum atomic E-state index is -0.676. The van der Waals surface area contributed by atoms with Crippen molar-refractivity contribution in [2.45, 2.75) is 0 Å². The van der Waals surface area contributed by atoms with Crippen LogP contribution in [-0.2, 0) is 0 Å². The molecule has 0 rings (SSSR count). The minimum Gasteiger partial charge on any atom is -0.197 e. The molecule has 0 aromatic carbocycles. The summed E-state index contributed by atoms with van der Waals surface area (Å²) in [4.78, 5) is 9.39. The molecule has 0 atom stereocenters. The van der Waals surface area contributed by atoms with Gasteiger partial charge in [-0.2, -0.15) is 13.5 Å². The van der Waals surface area contributed by atoms with Crippen LogP contribution in [0.4, 0.5) is 4.79 Å². The van der Waals surface area contributed by atoms with Crippen LogP contribution in [0.25, 0.3) is 0 Å². The largest absolute Gasteiger partial charge is 0.197 e. The Labute approximate surface area is 50.3 Å². The SMILES string of the molecule is NC(=O)N=[Se].S. The van der Waals surface area contributed by atoms with E-state index in [0.29, 0.717) is 0 Å². The molecule has 0 saturated carbocycles. The Morgan fingerprint density at radius 1 is 1.83 bits per heavy atom. The van der Waals surface area contributed by atoms with Crippen LogP contribution >= 0.6 is 13.5 Å². The zero-order valence-corrected chi connectivity index (χ0v) is 5.55. The molecule has 2 amide bonds. The number of carbonyl (C=O) groups is 1. The molecule has 0 radical (unpaired) electrons. The average molecular weight is 171 g/mol.